The largest absolute Gasteiger partial charge is 0.495 e. The van der Waals surface area contributed by atoms with Crippen LogP contribution in [0.1, 0.15) is 37.6 Å². The number of nitrogens with two attached hydrogens (primary N) is 1. The van der Waals surface area contributed by atoms with E-state index in [0.29, 0.717) is 23.5 Å². The lowest BCUT2D eigenvalue weighted by atomic mass is 9.83. The second kappa shape index (κ2) is 5.80. The van der Waals surface area contributed by atoms with Crippen molar-refractivity contribution >= 4 is 11.6 Å². The average Bonchev–Trinajstić information content (AvgIpc) is 2.46. The van der Waals surface area contributed by atoms with Gasteiger partial charge in [-0.25, -0.2) is 0 Å². The summed E-state index contributed by atoms with van der Waals surface area (Å²) in [6, 6.07) is 5.31. The average molecular weight is 288 g/mol. The maximum absolute atomic E-state index is 12.6. The molecule has 0 unspecified atom stereocenters. The Balaban J connectivity index is 2.18. The van der Waals surface area contributed by atoms with Crippen molar-refractivity contribution in [2.75, 3.05) is 25.9 Å². The van der Waals surface area contributed by atoms with Crippen LogP contribution in [-0.2, 0) is 0 Å². The van der Waals surface area contributed by atoms with E-state index in [9.17, 15) is 4.79 Å². The van der Waals surface area contributed by atoms with E-state index in [2.05, 4.69) is 26.8 Å². The second-order valence-electron chi connectivity index (χ2n) is 6.40. The van der Waals surface area contributed by atoms with Crippen LogP contribution in [0.4, 0.5) is 5.69 Å². The van der Waals surface area contributed by atoms with E-state index in [1.165, 1.54) is 5.57 Å². The zero-order valence-corrected chi connectivity index (χ0v) is 13.3. The molecular formula is C17H24N2O2. The van der Waals surface area contributed by atoms with Gasteiger partial charge in [-0.1, -0.05) is 38.5 Å². The molecule has 0 aliphatic carbocycles. The van der Waals surface area contributed by atoms with Gasteiger partial charge in [0.15, 0.2) is 0 Å². The molecule has 1 aliphatic heterocycles. The fourth-order valence-electron chi connectivity index (χ4n) is 2.61. The van der Waals surface area contributed by atoms with Gasteiger partial charge in [0, 0.05) is 13.1 Å². The number of carbonyl (C=O) groups excluding carboxylic acids is 1. The first kappa shape index (κ1) is 15.4. The van der Waals surface area contributed by atoms with Gasteiger partial charge in [0.05, 0.1) is 18.4 Å². The highest BCUT2D eigenvalue weighted by atomic mass is 16.5. The molecule has 0 aromatic heterocycles. The summed E-state index contributed by atoms with van der Waals surface area (Å²) in [6.07, 6.45) is 3.08. The summed E-state index contributed by atoms with van der Waals surface area (Å²) < 4.78 is 5.18. The number of nitrogen functional groups attached to an aromatic ring is 1. The minimum atomic E-state index is -0.0318. The molecular weight excluding hydrogens is 264 g/mol. The third-order valence-electron chi connectivity index (χ3n) is 3.98. The third kappa shape index (κ3) is 3.20. The molecule has 21 heavy (non-hydrogen) atoms. The molecule has 4 nitrogen and oxygen atoms in total. The number of methoxy groups -OCH3 is 1. The van der Waals surface area contributed by atoms with Gasteiger partial charge < -0.3 is 15.4 Å². The van der Waals surface area contributed by atoms with Crippen LogP contribution >= 0.6 is 0 Å². The molecule has 114 valence electrons. The van der Waals surface area contributed by atoms with E-state index >= 15 is 0 Å². The zero-order valence-electron chi connectivity index (χ0n) is 13.3. The molecule has 1 aromatic carbocycles. The van der Waals surface area contributed by atoms with Crippen molar-refractivity contribution in [3.05, 3.63) is 35.4 Å². The topological polar surface area (TPSA) is 55.6 Å². The van der Waals surface area contributed by atoms with Crippen LogP contribution in [0.2, 0.25) is 0 Å². The van der Waals surface area contributed by atoms with E-state index in [0.717, 1.165) is 13.0 Å². The normalized spacial score (nSPS) is 15.6. The Morgan fingerprint density at radius 3 is 2.57 bits per heavy atom. The lowest BCUT2D eigenvalue weighted by Gasteiger charge is -2.32. The number of rotatable bonds is 2. The Morgan fingerprint density at radius 1 is 1.33 bits per heavy atom. The molecule has 2 N–H and O–H groups in total. The Bertz CT molecular complexity index is 571. The predicted molar refractivity (Wildman–Crippen MR) is 85.5 cm³/mol. The summed E-state index contributed by atoms with van der Waals surface area (Å²) in [4.78, 5) is 14.4. The Hall–Kier alpha value is -1.97. The molecule has 0 radical (unpaired) electrons. The van der Waals surface area contributed by atoms with Gasteiger partial charge in [0.2, 0.25) is 0 Å². The van der Waals surface area contributed by atoms with Crippen LogP contribution in [0.15, 0.2) is 29.8 Å². The number of nitrogens with zero attached hydrogens (tertiary/aromatic N) is 1. The standard InChI is InChI=1S/C17H24N2O2/c1-17(2,3)12-8-10-19(11-9-12)16(20)13-6-5-7-14(21-4)15(13)18/h5-8H,9-11,18H2,1-4H3. The van der Waals surface area contributed by atoms with Crippen molar-refractivity contribution in [1.82, 2.24) is 4.90 Å². The molecule has 0 fully saturated rings. The number of para-hydroxylation sites is 1. The highest BCUT2D eigenvalue weighted by Crippen LogP contribution is 2.31. The first-order valence-electron chi connectivity index (χ1n) is 7.26. The second-order valence-corrected chi connectivity index (χ2v) is 6.40. The van der Waals surface area contributed by atoms with Gasteiger partial charge in [-0.05, 0) is 24.0 Å². The number of ether oxygens (including phenoxy) is 1. The van der Waals surface area contributed by atoms with Crippen molar-refractivity contribution in [3.63, 3.8) is 0 Å². The molecule has 0 atom stereocenters. The third-order valence-corrected chi connectivity index (χ3v) is 3.98. The highest BCUT2D eigenvalue weighted by Gasteiger charge is 2.25. The maximum atomic E-state index is 12.6. The molecule has 0 bridgehead atoms. The van der Waals surface area contributed by atoms with Gasteiger partial charge in [-0.15, -0.1) is 0 Å². The van der Waals surface area contributed by atoms with E-state index < -0.39 is 0 Å². The summed E-state index contributed by atoms with van der Waals surface area (Å²) in [5, 5.41) is 0. The molecule has 4 heteroatoms. The number of hydrogen-bond acceptors (Lipinski definition) is 3. The van der Waals surface area contributed by atoms with Gasteiger partial charge in [0.1, 0.15) is 5.75 Å². The monoisotopic (exact) mass is 288 g/mol. The van der Waals surface area contributed by atoms with E-state index in [-0.39, 0.29) is 11.3 Å². The number of benzene rings is 1. The molecule has 1 aliphatic rings. The Kier molecular flexibility index (Phi) is 4.26. The van der Waals surface area contributed by atoms with Crippen LogP contribution < -0.4 is 10.5 Å². The fourth-order valence-corrected chi connectivity index (χ4v) is 2.61. The Morgan fingerprint density at radius 2 is 2.05 bits per heavy atom. The number of hydrogen-bond donors (Lipinski definition) is 1. The van der Waals surface area contributed by atoms with Crippen LogP contribution in [0.3, 0.4) is 0 Å². The summed E-state index contributed by atoms with van der Waals surface area (Å²) in [5.74, 6) is 0.513. The van der Waals surface area contributed by atoms with E-state index in [1.807, 2.05) is 4.90 Å². The quantitative estimate of drug-likeness (QED) is 0.672. The minimum Gasteiger partial charge on any atom is -0.495 e. The molecule has 0 saturated carbocycles. The van der Waals surface area contributed by atoms with Crippen molar-refractivity contribution in [3.8, 4) is 5.75 Å². The summed E-state index contributed by atoms with van der Waals surface area (Å²) >= 11 is 0. The van der Waals surface area contributed by atoms with Gasteiger partial charge in [-0.2, -0.15) is 0 Å². The summed E-state index contributed by atoms with van der Waals surface area (Å²) in [5.41, 5.74) is 8.52. The molecule has 1 amide bonds. The first-order chi connectivity index (χ1) is 9.84. The number of amides is 1. The van der Waals surface area contributed by atoms with Crippen LogP contribution in [0, 0.1) is 5.41 Å². The van der Waals surface area contributed by atoms with Gasteiger partial charge in [0.25, 0.3) is 5.91 Å². The zero-order chi connectivity index (χ0) is 15.6. The SMILES string of the molecule is COc1cccc(C(=O)N2CC=C(C(C)(C)C)CC2)c1N. The van der Waals surface area contributed by atoms with E-state index in [4.69, 9.17) is 10.5 Å². The highest BCUT2D eigenvalue weighted by molar-refractivity contribution is 6.00. The summed E-state index contributed by atoms with van der Waals surface area (Å²) in [7, 11) is 1.55. The van der Waals surface area contributed by atoms with Crippen LogP contribution in [-0.4, -0.2) is 31.0 Å². The number of carbonyl (C=O) groups is 1. The van der Waals surface area contributed by atoms with Crippen molar-refractivity contribution in [2.45, 2.75) is 27.2 Å². The predicted octanol–water partition coefficient (Wildman–Crippen LogP) is 3.10. The van der Waals surface area contributed by atoms with Crippen molar-refractivity contribution < 1.29 is 9.53 Å². The number of anilines is 1. The van der Waals surface area contributed by atoms with Crippen molar-refractivity contribution in [1.29, 1.82) is 0 Å². The van der Waals surface area contributed by atoms with E-state index in [1.54, 1.807) is 25.3 Å². The molecule has 1 aromatic rings. The molecule has 0 spiro atoms. The smallest absolute Gasteiger partial charge is 0.256 e. The van der Waals surface area contributed by atoms with Gasteiger partial charge >= 0.3 is 0 Å². The van der Waals surface area contributed by atoms with Crippen LogP contribution in [0.25, 0.3) is 0 Å². The minimum absolute atomic E-state index is 0.0318. The molecule has 1 heterocycles. The first-order valence-corrected chi connectivity index (χ1v) is 7.26. The van der Waals surface area contributed by atoms with Crippen molar-refractivity contribution in [2.24, 2.45) is 5.41 Å². The summed E-state index contributed by atoms with van der Waals surface area (Å²) in [6.45, 7) is 7.99. The Labute approximate surface area is 126 Å². The maximum Gasteiger partial charge on any atom is 0.256 e. The molecule has 2 rings (SSSR count). The van der Waals surface area contributed by atoms with Gasteiger partial charge in [-0.3, -0.25) is 4.79 Å². The lowest BCUT2D eigenvalue weighted by Crippen LogP contribution is -2.36. The fraction of sp³-hybridized carbons (Fsp3) is 0.471. The van der Waals surface area contributed by atoms with Crippen LogP contribution in [0.5, 0.6) is 5.75 Å². The molecule has 0 saturated heterocycles. The lowest BCUT2D eigenvalue weighted by molar-refractivity contribution is 0.0765.